The lowest BCUT2D eigenvalue weighted by atomic mass is 9.76. The molecule has 1 aromatic rings. The Morgan fingerprint density at radius 3 is 2.26 bits per heavy atom. The third-order valence-corrected chi connectivity index (χ3v) is 6.05. The van der Waals surface area contributed by atoms with Crippen molar-refractivity contribution in [2.75, 3.05) is 5.75 Å². The Kier molecular flexibility index (Phi) is 5.09. The predicted octanol–water partition coefficient (Wildman–Crippen LogP) is 1.54. The number of carboxylic acids is 1. The van der Waals surface area contributed by atoms with Gasteiger partial charge < -0.3 is 10.4 Å². The summed E-state index contributed by atoms with van der Waals surface area (Å²) >= 11 is 0. The van der Waals surface area contributed by atoms with Crippen LogP contribution >= 0.6 is 0 Å². The summed E-state index contributed by atoms with van der Waals surface area (Å²) in [6.45, 7) is 1.59. The highest BCUT2D eigenvalue weighted by atomic mass is 32.2. The highest BCUT2D eigenvalue weighted by Crippen LogP contribution is 2.32. The van der Waals surface area contributed by atoms with E-state index in [0.29, 0.717) is 19.3 Å². The van der Waals surface area contributed by atoms with E-state index in [-0.39, 0.29) is 23.0 Å². The smallest absolute Gasteiger partial charge is 0.329 e. The lowest BCUT2D eigenvalue weighted by molar-refractivity contribution is -0.151. The minimum atomic E-state index is -3.22. The third kappa shape index (κ3) is 3.90. The van der Waals surface area contributed by atoms with Gasteiger partial charge >= 0.3 is 5.97 Å². The number of hydrogen-bond acceptors (Lipinski definition) is 4. The number of carbonyl (C=O) groups excluding carboxylic acids is 1. The SMILES string of the molecule is CCS(=O)(=O)c1ccc(CCC(=O)NC2(C(=O)O)CCC2)cc1. The fraction of sp³-hybridized carbons (Fsp3) is 0.500. The second kappa shape index (κ2) is 6.70. The van der Waals surface area contributed by atoms with Gasteiger partial charge in [-0.05, 0) is 43.4 Å². The van der Waals surface area contributed by atoms with Crippen molar-refractivity contribution >= 4 is 21.7 Å². The number of aryl methyl sites for hydroxylation is 1. The number of benzene rings is 1. The van der Waals surface area contributed by atoms with Crippen molar-refractivity contribution in [3.63, 3.8) is 0 Å². The fourth-order valence-corrected chi connectivity index (χ4v) is 3.42. The highest BCUT2D eigenvalue weighted by Gasteiger charge is 2.45. The summed E-state index contributed by atoms with van der Waals surface area (Å²) in [4.78, 5) is 23.4. The van der Waals surface area contributed by atoms with Crippen LogP contribution in [0.1, 0.15) is 38.2 Å². The molecule has 0 atom stereocenters. The first-order valence-electron chi connectivity index (χ1n) is 7.65. The normalized spacial score (nSPS) is 16.4. The first-order chi connectivity index (χ1) is 10.8. The summed E-state index contributed by atoms with van der Waals surface area (Å²) in [5, 5.41) is 11.8. The minimum Gasteiger partial charge on any atom is -0.480 e. The van der Waals surface area contributed by atoms with E-state index < -0.39 is 21.3 Å². The Morgan fingerprint density at radius 2 is 1.83 bits per heavy atom. The topological polar surface area (TPSA) is 101 Å². The molecule has 0 aromatic heterocycles. The van der Waals surface area contributed by atoms with Gasteiger partial charge in [-0.3, -0.25) is 4.79 Å². The number of carbonyl (C=O) groups is 2. The van der Waals surface area contributed by atoms with Crippen molar-refractivity contribution < 1.29 is 23.1 Å². The van der Waals surface area contributed by atoms with Crippen LogP contribution in [-0.4, -0.2) is 36.7 Å². The molecule has 23 heavy (non-hydrogen) atoms. The molecule has 0 unspecified atom stereocenters. The summed E-state index contributed by atoms with van der Waals surface area (Å²) in [5.41, 5.74) is -0.246. The second-order valence-electron chi connectivity index (χ2n) is 5.84. The number of amides is 1. The number of sulfone groups is 1. The van der Waals surface area contributed by atoms with Crippen molar-refractivity contribution in [3.05, 3.63) is 29.8 Å². The fourth-order valence-electron chi connectivity index (χ4n) is 2.54. The molecule has 1 aliphatic rings. The molecule has 7 heteroatoms. The molecule has 0 aliphatic heterocycles. The molecule has 126 valence electrons. The standard InChI is InChI=1S/C16H21NO5S/c1-2-23(21,22)13-7-4-12(5-8-13)6-9-14(18)17-16(15(19)20)10-3-11-16/h4-5,7-8H,2-3,6,9-11H2,1H3,(H,17,18)(H,19,20). The van der Waals surface area contributed by atoms with Gasteiger partial charge in [0.1, 0.15) is 5.54 Å². The summed E-state index contributed by atoms with van der Waals surface area (Å²) in [6, 6.07) is 6.45. The maximum absolute atomic E-state index is 11.9. The molecule has 2 rings (SSSR count). The molecule has 1 saturated carbocycles. The van der Waals surface area contributed by atoms with Gasteiger partial charge in [0.05, 0.1) is 10.6 Å². The largest absolute Gasteiger partial charge is 0.480 e. The van der Waals surface area contributed by atoms with Gasteiger partial charge in [0.2, 0.25) is 5.91 Å². The van der Waals surface area contributed by atoms with Crippen LogP contribution in [0, 0.1) is 0 Å². The molecule has 0 radical (unpaired) electrons. The molecular formula is C16H21NO5S. The lowest BCUT2D eigenvalue weighted by Crippen LogP contribution is -2.59. The molecule has 1 aromatic carbocycles. The van der Waals surface area contributed by atoms with Crippen LogP contribution in [0.5, 0.6) is 0 Å². The van der Waals surface area contributed by atoms with E-state index in [1.54, 1.807) is 19.1 Å². The van der Waals surface area contributed by atoms with Crippen LogP contribution in [-0.2, 0) is 25.8 Å². The van der Waals surface area contributed by atoms with E-state index in [9.17, 15) is 23.1 Å². The van der Waals surface area contributed by atoms with Crippen LogP contribution in [0.15, 0.2) is 29.2 Å². The number of aliphatic carboxylic acids is 1. The molecule has 1 fully saturated rings. The number of carboxylic acid groups (broad SMARTS) is 1. The van der Waals surface area contributed by atoms with E-state index in [1.165, 1.54) is 12.1 Å². The van der Waals surface area contributed by atoms with E-state index in [4.69, 9.17) is 0 Å². The molecular weight excluding hydrogens is 318 g/mol. The summed E-state index contributed by atoms with van der Waals surface area (Å²) in [7, 11) is -3.22. The van der Waals surface area contributed by atoms with Crippen LogP contribution in [0.25, 0.3) is 0 Å². The Bertz CT molecular complexity index is 690. The molecule has 0 spiro atoms. The predicted molar refractivity (Wildman–Crippen MR) is 84.9 cm³/mol. The zero-order valence-electron chi connectivity index (χ0n) is 13.0. The third-order valence-electron chi connectivity index (χ3n) is 4.30. The van der Waals surface area contributed by atoms with Crippen LogP contribution in [0.3, 0.4) is 0 Å². The van der Waals surface area contributed by atoms with Crippen LogP contribution in [0.4, 0.5) is 0 Å². The molecule has 0 heterocycles. The quantitative estimate of drug-likeness (QED) is 0.785. The van der Waals surface area contributed by atoms with Crippen LogP contribution in [0.2, 0.25) is 0 Å². The van der Waals surface area contributed by atoms with Gasteiger partial charge in [0.15, 0.2) is 9.84 Å². The van der Waals surface area contributed by atoms with Gasteiger partial charge in [0, 0.05) is 6.42 Å². The van der Waals surface area contributed by atoms with Crippen molar-refractivity contribution in [2.24, 2.45) is 0 Å². The van der Waals surface area contributed by atoms with Crippen molar-refractivity contribution in [2.45, 2.75) is 49.5 Å². The number of rotatable bonds is 7. The van der Waals surface area contributed by atoms with Crippen molar-refractivity contribution in [3.8, 4) is 0 Å². The van der Waals surface area contributed by atoms with E-state index in [2.05, 4.69) is 5.32 Å². The molecule has 0 bridgehead atoms. The molecule has 1 amide bonds. The zero-order valence-corrected chi connectivity index (χ0v) is 13.9. The Labute approximate surface area is 135 Å². The molecule has 6 nitrogen and oxygen atoms in total. The maximum Gasteiger partial charge on any atom is 0.329 e. The van der Waals surface area contributed by atoms with Gasteiger partial charge in [-0.15, -0.1) is 0 Å². The minimum absolute atomic E-state index is 0.0476. The first-order valence-corrected chi connectivity index (χ1v) is 9.30. The summed E-state index contributed by atoms with van der Waals surface area (Å²) in [5.74, 6) is -1.23. The van der Waals surface area contributed by atoms with Gasteiger partial charge in [-0.2, -0.15) is 0 Å². The lowest BCUT2D eigenvalue weighted by Gasteiger charge is -2.38. The number of hydrogen-bond donors (Lipinski definition) is 2. The Hall–Kier alpha value is -1.89. The summed E-state index contributed by atoms with van der Waals surface area (Å²) in [6.07, 6.45) is 2.36. The monoisotopic (exact) mass is 339 g/mol. The highest BCUT2D eigenvalue weighted by molar-refractivity contribution is 7.91. The second-order valence-corrected chi connectivity index (χ2v) is 8.11. The molecule has 2 N–H and O–H groups in total. The zero-order chi connectivity index (χ0) is 17.1. The van der Waals surface area contributed by atoms with Crippen molar-refractivity contribution in [1.29, 1.82) is 0 Å². The maximum atomic E-state index is 11.9. The molecule has 0 saturated heterocycles. The Balaban J connectivity index is 1.91. The number of nitrogens with one attached hydrogen (secondary N) is 1. The van der Waals surface area contributed by atoms with Gasteiger partial charge in [-0.1, -0.05) is 19.1 Å². The van der Waals surface area contributed by atoms with E-state index in [1.807, 2.05) is 0 Å². The van der Waals surface area contributed by atoms with Gasteiger partial charge in [-0.25, -0.2) is 13.2 Å². The van der Waals surface area contributed by atoms with Crippen LogP contribution < -0.4 is 5.32 Å². The van der Waals surface area contributed by atoms with E-state index >= 15 is 0 Å². The van der Waals surface area contributed by atoms with Crippen molar-refractivity contribution in [1.82, 2.24) is 5.32 Å². The first kappa shape index (κ1) is 17.5. The average molecular weight is 339 g/mol. The Morgan fingerprint density at radius 1 is 1.22 bits per heavy atom. The summed E-state index contributed by atoms with van der Waals surface area (Å²) < 4.78 is 23.4. The van der Waals surface area contributed by atoms with E-state index in [0.717, 1.165) is 12.0 Å². The molecule has 1 aliphatic carbocycles. The van der Waals surface area contributed by atoms with Gasteiger partial charge in [0.25, 0.3) is 0 Å². The average Bonchev–Trinajstić information content (AvgIpc) is 2.49.